The Bertz CT molecular complexity index is 209. The second-order valence-electron chi connectivity index (χ2n) is 2.48. The van der Waals surface area contributed by atoms with Crippen LogP contribution < -0.4 is 0 Å². The van der Waals surface area contributed by atoms with E-state index in [4.69, 9.17) is 4.74 Å². The Balaban J connectivity index is 0.000000791. The number of hydrogen-bond acceptors (Lipinski definition) is 1. The van der Waals surface area contributed by atoms with E-state index in [1.807, 2.05) is 24.3 Å². The first-order valence-electron chi connectivity index (χ1n) is 4.29. The van der Waals surface area contributed by atoms with Crippen molar-refractivity contribution in [1.29, 1.82) is 0 Å². The summed E-state index contributed by atoms with van der Waals surface area (Å²) in [4.78, 5) is 0. The van der Waals surface area contributed by atoms with Crippen LogP contribution >= 0.6 is 13.6 Å². The first-order chi connectivity index (χ1) is 6.93. The molecule has 0 saturated heterocycles. The second kappa shape index (κ2) is 11.3. The molecule has 0 aliphatic carbocycles. The van der Waals surface area contributed by atoms with Crippen molar-refractivity contribution in [1.82, 2.24) is 0 Å². The molecule has 0 amide bonds. The normalized spacial score (nSPS) is 9.14. The van der Waals surface area contributed by atoms with Crippen molar-refractivity contribution in [3.63, 3.8) is 0 Å². The van der Waals surface area contributed by atoms with Gasteiger partial charge in [0.05, 0.1) is 6.67 Å². The van der Waals surface area contributed by atoms with Crippen LogP contribution in [0.15, 0.2) is 24.3 Å². The van der Waals surface area contributed by atoms with Gasteiger partial charge in [-0.25, -0.2) is 0 Å². The van der Waals surface area contributed by atoms with Gasteiger partial charge in [0.2, 0.25) is 0 Å². The standard InChI is InChI=1S/C10H12FO.BrH.Zn/c11-7-4-8-12-9-10-5-2-1-3-6-10;;/h1-3,5H,4,7-9H2;1H;/q-1;;+2/p-1. The van der Waals surface area contributed by atoms with Crippen LogP contribution in [0.1, 0.15) is 12.0 Å². The fourth-order valence-electron chi connectivity index (χ4n) is 0.859. The van der Waals surface area contributed by atoms with E-state index in [0.717, 1.165) is 5.56 Å². The summed E-state index contributed by atoms with van der Waals surface area (Å²) in [6.07, 6.45) is 0.479. The summed E-state index contributed by atoms with van der Waals surface area (Å²) in [6, 6.07) is 10.7. The van der Waals surface area contributed by atoms with Crippen molar-refractivity contribution >= 4 is 13.6 Å². The van der Waals surface area contributed by atoms with Crippen LogP contribution in [0.2, 0.25) is 0 Å². The van der Waals surface area contributed by atoms with E-state index in [1.165, 1.54) is 16.3 Å². The summed E-state index contributed by atoms with van der Waals surface area (Å²) in [5.41, 5.74) is 1.01. The van der Waals surface area contributed by atoms with Gasteiger partial charge in [-0.1, -0.05) is 0 Å². The number of alkyl halides is 1. The topological polar surface area (TPSA) is 9.23 Å². The molecule has 1 rings (SSSR count). The van der Waals surface area contributed by atoms with E-state index in [-0.39, 0.29) is 6.67 Å². The zero-order chi connectivity index (χ0) is 10.6. The van der Waals surface area contributed by atoms with E-state index in [1.54, 1.807) is 0 Å². The maximum atomic E-state index is 11.6. The predicted molar refractivity (Wildman–Crippen MR) is 54.5 cm³/mol. The van der Waals surface area contributed by atoms with E-state index in [0.29, 0.717) is 19.6 Å². The summed E-state index contributed by atoms with van der Waals surface area (Å²) in [5.74, 6) is 0. The number of rotatable bonds is 5. The molecule has 0 fully saturated rings. The van der Waals surface area contributed by atoms with Gasteiger partial charge in [-0.05, 0) is 6.42 Å². The van der Waals surface area contributed by atoms with Crippen molar-refractivity contribution in [2.45, 2.75) is 13.0 Å². The molecule has 0 aromatic heterocycles. The molecule has 0 atom stereocenters. The molecule has 0 aliphatic rings. The van der Waals surface area contributed by atoms with Crippen LogP contribution in [0.5, 0.6) is 0 Å². The van der Waals surface area contributed by atoms with E-state index < -0.39 is 0 Å². The molecule has 14 heavy (non-hydrogen) atoms. The van der Waals surface area contributed by atoms with E-state index in [2.05, 4.69) is 19.7 Å². The number of benzene rings is 1. The fourth-order valence-corrected chi connectivity index (χ4v) is 0.859. The summed E-state index contributed by atoms with van der Waals surface area (Å²) < 4.78 is 16.8. The van der Waals surface area contributed by atoms with Gasteiger partial charge in [-0.15, -0.1) is 5.56 Å². The number of halogens is 2. The molecule has 0 heterocycles. The molecule has 0 saturated carbocycles. The maximum absolute atomic E-state index is 11.6. The van der Waals surface area contributed by atoms with E-state index in [9.17, 15) is 4.39 Å². The second-order valence-corrected chi connectivity index (χ2v) is 2.48. The summed E-state index contributed by atoms with van der Waals surface area (Å²) >= 11 is 4.25. The first-order valence-corrected chi connectivity index (χ1v) is 11.2. The minimum absolute atomic E-state index is 0.307. The Morgan fingerprint density at radius 1 is 1.43 bits per heavy atom. The van der Waals surface area contributed by atoms with Crippen LogP contribution in [0.3, 0.4) is 0 Å². The van der Waals surface area contributed by atoms with Gasteiger partial charge in [0.25, 0.3) is 0 Å². The zero-order valence-corrected chi connectivity index (χ0v) is 12.6. The molecule has 1 aromatic rings. The summed E-state index contributed by atoms with van der Waals surface area (Å²) in [5, 5.41) is 0. The Hall–Kier alpha value is 0.213. The molecule has 1 nitrogen and oxygen atoms in total. The van der Waals surface area contributed by atoms with Crippen LogP contribution in [0, 0.1) is 6.07 Å². The molecule has 0 N–H and O–H groups in total. The van der Waals surface area contributed by atoms with Gasteiger partial charge in [-0.3, -0.25) is 4.39 Å². The van der Waals surface area contributed by atoms with Gasteiger partial charge in [0, 0.05) is 13.2 Å². The quantitative estimate of drug-likeness (QED) is 0.461. The van der Waals surface area contributed by atoms with Crippen molar-refractivity contribution in [3.8, 4) is 0 Å². The van der Waals surface area contributed by atoms with E-state index >= 15 is 0 Å². The average Bonchev–Trinajstić information content (AvgIpc) is 2.29. The van der Waals surface area contributed by atoms with Crippen LogP contribution in [0.25, 0.3) is 0 Å². The van der Waals surface area contributed by atoms with Crippen molar-refractivity contribution in [3.05, 3.63) is 35.9 Å². The molecule has 0 bridgehead atoms. The molecule has 0 aliphatic heterocycles. The SMILES string of the molecule is FCCCOCc1[c-]cccc1.[Zn+][Br]. The number of hydrogen-bond donors (Lipinski definition) is 0. The van der Waals surface area contributed by atoms with Gasteiger partial charge >= 0.3 is 30.0 Å². The van der Waals surface area contributed by atoms with Gasteiger partial charge in [-0.2, -0.15) is 30.3 Å². The minimum atomic E-state index is -0.307. The Morgan fingerprint density at radius 3 is 2.79 bits per heavy atom. The molecule has 1 aromatic carbocycles. The third-order valence-electron chi connectivity index (χ3n) is 1.45. The van der Waals surface area contributed by atoms with Gasteiger partial charge in [0.15, 0.2) is 0 Å². The Morgan fingerprint density at radius 2 is 2.21 bits per heavy atom. The van der Waals surface area contributed by atoms with Crippen LogP contribution in [-0.2, 0) is 27.7 Å². The van der Waals surface area contributed by atoms with Crippen LogP contribution in [-0.4, -0.2) is 13.3 Å². The van der Waals surface area contributed by atoms with Crippen LogP contribution in [0.4, 0.5) is 4.39 Å². The van der Waals surface area contributed by atoms with Crippen molar-refractivity contribution in [2.24, 2.45) is 0 Å². The Kier molecular flexibility index (Phi) is 11.5. The molecule has 0 spiro atoms. The van der Waals surface area contributed by atoms with Gasteiger partial charge in [0.1, 0.15) is 0 Å². The summed E-state index contributed by atoms with van der Waals surface area (Å²) in [7, 11) is 0. The zero-order valence-electron chi connectivity index (χ0n) is 8.01. The first kappa shape index (κ1) is 14.2. The molecular formula is C10H12BrFOZn. The third-order valence-corrected chi connectivity index (χ3v) is 1.45. The molecule has 0 unspecified atom stereocenters. The van der Waals surface area contributed by atoms with Crippen molar-refractivity contribution in [2.75, 3.05) is 13.3 Å². The third kappa shape index (κ3) is 7.60. The molecule has 74 valence electrons. The summed E-state index contributed by atoms with van der Waals surface area (Å²) in [6.45, 7) is 0.707. The monoisotopic (exact) mass is 310 g/mol. The molecule has 0 radical (unpaired) electrons. The fraction of sp³-hybridized carbons (Fsp3) is 0.400. The Labute approximate surface area is 101 Å². The van der Waals surface area contributed by atoms with Gasteiger partial charge < -0.3 is 4.74 Å². The molecular weight excluding hydrogens is 300 g/mol. The number of ether oxygens (including phenoxy) is 1. The molecule has 4 heteroatoms. The predicted octanol–water partition coefficient (Wildman–Crippen LogP) is 3.21. The van der Waals surface area contributed by atoms with Crippen molar-refractivity contribution < 1.29 is 25.5 Å². The average molecular weight is 312 g/mol.